The summed E-state index contributed by atoms with van der Waals surface area (Å²) in [6, 6.07) is 16.4. The van der Waals surface area contributed by atoms with Crippen LogP contribution in [0.25, 0.3) is 0 Å². The molecule has 2 rings (SSSR count). The zero-order valence-electron chi connectivity index (χ0n) is 9.50. The lowest BCUT2D eigenvalue weighted by molar-refractivity contribution is 1.16. The van der Waals surface area contributed by atoms with Gasteiger partial charge in [-0.3, -0.25) is 0 Å². The maximum Gasteiger partial charge on any atom is 0.0450 e. The van der Waals surface area contributed by atoms with E-state index in [0.29, 0.717) is 0 Å². The van der Waals surface area contributed by atoms with Crippen molar-refractivity contribution in [2.24, 2.45) is 0 Å². The van der Waals surface area contributed by atoms with E-state index < -0.39 is 0 Å². The molecule has 0 unspecified atom stereocenters. The van der Waals surface area contributed by atoms with Gasteiger partial charge in [-0.2, -0.15) is 0 Å². The molecule has 2 aromatic carbocycles. The van der Waals surface area contributed by atoms with E-state index in [-0.39, 0.29) is 0 Å². The smallest absolute Gasteiger partial charge is 0.0450 e. The van der Waals surface area contributed by atoms with E-state index in [0.717, 1.165) is 10.6 Å². The molecule has 0 fully saturated rings. The van der Waals surface area contributed by atoms with Gasteiger partial charge in [-0.1, -0.05) is 61.0 Å². The highest BCUT2D eigenvalue weighted by Gasteiger charge is 2.14. The van der Waals surface area contributed by atoms with E-state index in [1.165, 1.54) is 17.0 Å². The van der Waals surface area contributed by atoms with Crippen molar-refractivity contribution in [2.45, 2.75) is 13.8 Å². The van der Waals surface area contributed by atoms with Gasteiger partial charge in [0, 0.05) is 10.9 Å². The van der Waals surface area contributed by atoms with Crippen LogP contribution < -0.4 is 0 Å². The first kappa shape index (κ1) is 11.2. The second-order valence-corrected chi connectivity index (χ2v) is 4.33. The lowest BCUT2D eigenvalue weighted by atomic mass is 9.90. The van der Waals surface area contributed by atoms with Crippen LogP contribution in [0.5, 0.6) is 0 Å². The number of hydrogen-bond acceptors (Lipinski definition) is 0. The minimum absolute atomic E-state index is 0.821. The standard InChI is InChI=1S/C15H14Cl/c1-11-7-6-10-14(16)15(11)12(2)13-8-4-3-5-9-13/h3-10H,1-2H3. The number of aryl methyl sites for hydroxylation is 1. The minimum atomic E-state index is 0.821. The molecule has 1 radical (unpaired) electrons. The van der Waals surface area contributed by atoms with Gasteiger partial charge < -0.3 is 0 Å². The highest BCUT2D eigenvalue weighted by Crippen LogP contribution is 2.31. The summed E-state index contributed by atoms with van der Waals surface area (Å²) < 4.78 is 0. The van der Waals surface area contributed by atoms with Crippen LogP contribution in [-0.2, 0) is 0 Å². The molecule has 0 aromatic heterocycles. The Morgan fingerprint density at radius 1 is 0.938 bits per heavy atom. The van der Waals surface area contributed by atoms with Gasteiger partial charge >= 0.3 is 0 Å². The minimum Gasteiger partial charge on any atom is -0.0840 e. The van der Waals surface area contributed by atoms with Crippen molar-refractivity contribution in [1.82, 2.24) is 0 Å². The molecule has 0 saturated heterocycles. The topological polar surface area (TPSA) is 0 Å². The van der Waals surface area contributed by atoms with Gasteiger partial charge in [0.25, 0.3) is 0 Å². The maximum absolute atomic E-state index is 6.25. The van der Waals surface area contributed by atoms with E-state index >= 15 is 0 Å². The third-order valence-electron chi connectivity index (χ3n) is 2.80. The van der Waals surface area contributed by atoms with E-state index in [2.05, 4.69) is 32.0 Å². The first-order valence-corrected chi connectivity index (χ1v) is 5.72. The van der Waals surface area contributed by atoms with Crippen LogP contribution in [0.15, 0.2) is 48.5 Å². The second-order valence-electron chi connectivity index (χ2n) is 3.92. The summed E-state index contributed by atoms with van der Waals surface area (Å²) in [5.74, 6) is 1.23. The van der Waals surface area contributed by atoms with Crippen LogP contribution in [0, 0.1) is 12.8 Å². The van der Waals surface area contributed by atoms with Crippen LogP contribution in [0.3, 0.4) is 0 Å². The summed E-state index contributed by atoms with van der Waals surface area (Å²) in [6.07, 6.45) is 0. The van der Waals surface area contributed by atoms with Gasteiger partial charge in [0.05, 0.1) is 0 Å². The zero-order chi connectivity index (χ0) is 11.5. The lowest BCUT2D eigenvalue weighted by Gasteiger charge is -2.16. The molecule has 0 aliphatic rings. The second kappa shape index (κ2) is 4.71. The Morgan fingerprint density at radius 2 is 1.62 bits per heavy atom. The molecule has 81 valence electrons. The molecular formula is C15H14Cl. The maximum atomic E-state index is 6.25. The Hall–Kier alpha value is -1.27. The molecule has 0 spiro atoms. The monoisotopic (exact) mass is 229 g/mol. The fourth-order valence-corrected chi connectivity index (χ4v) is 2.30. The number of hydrogen-bond donors (Lipinski definition) is 0. The molecule has 0 aliphatic carbocycles. The van der Waals surface area contributed by atoms with E-state index in [9.17, 15) is 0 Å². The van der Waals surface area contributed by atoms with Gasteiger partial charge in [-0.25, -0.2) is 0 Å². The Balaban J connectivity index is 2.46. The van der Waals surface area contributed by atoms with E-state index in [1.807, 2.05) is 30.3 Å². The fraction of sp³-hybridized carbons (Fsp3) is 0.133. The molecule has 16 heavy (non-hydrogen) atoms. The normalized spacial score (nSPS) is 10.8. The zero-order valence-corrected chi connectivity index (χ0v) is 10.3. The predicted molar refractivity (Wildman–Crippen MR) is 69.8 cm³/mol. The van der Waals surface area contributed by atoms with Gasteiger partial charge in [0.15, 0.2) is 0 Å². The largest absolute Gasteiger partial charge is 0.0840 e. The summed E-state index contributed by atoms with van der Waals surface area (Å²) in [6.45, 7) is 4.21. The van der Waals surface area contributed by atoms with Gasteiger partial charge in [0.1, 0.15) is 0 Å². The number of halogens is 1. The van der Waals surface area contributed by atoms with Gasteiger partial charge in [-0.05, 0) is 29.7 Å². The SMILES string of the molecule is C[C](c1ccccc1)c1c(C)cccc1Cl. The average molecular weight is 230 g/mol. The van der Waals surface area contributed by atoms with E-state index in [1.54, 1.807) is 0 Å². The first-order valence-electron chi connectivity index (χ1n) is 5.34. The van der Waals surface area contributed by atoms with Gasteiger partial charge in [0.2, 0.25) is 0 Å². The summed E-state index contributed by atoms with van der Waals surface area (Å²) in [5, 5.41) is 0.821. The van der Waals surface area contributed by atoms with Crippen LogP contribution in [0.1, 0.15) is 23.6 Å². The molecule has 0 bridgehead atoms. The fourth-order valence-electron chi connectivity index (χ4n) is 1.94. The molecule has 0 amide bonds. The van der Waals surface area contributed by atoms with E-state index in [4.69, 9.17) is 11.6 Å². The molecule has 2 aromatic rings. The average Bonchev–Trinajstić information content (AvgIpc) is 2.30. The van der Waals surface area contributed by atoms with Crippen molar-refractivity contribution < 1.29 is 0 Å². The Kier molecular flexibility index (Phi) is 3.31. The van der Waals surface area contributed by atoms with Crippen LogP contribution in [0.4, 0.5) is 0 Å². The van der Waals surface area contributed by atoms with Gasteiger partial charge in [-0.15, -0.1) is 0 Å². The van der Waals surface area contributed by atoms with Crippen molar-refractivity contribution in [1.29, 1.82) is 0 Å². The lowest BCUT2D eigenvalue weighted by Crippen LogP contribution is -2.00. The van der Waals surface area contributed by atoms with Crippen LogP contribution in [-0.4, -0.2) is 0 Å². The molecule has 0 saturated carbocycles. The molecule has 1 heteroatoms. The third kappa shape index (κ3) is 2.12. The number of rotatable bonds is 2. The van der Waals surface area contributed by atoms with Crippen molar-refractivity contribution in [3.05, 3.63) is 76.2 Å². The summed E-state index contributed by atoms with van der Waals surface area (Å²) >= 11 is 6.25. The highest BCUT2D eigenvalue weighted by molar-refractivity contribution is 6.31. The Morgan fingerprint density at radius 3 is 2.25 bits per heavy atom. The predicted octanol–water partition coefficient (Wildman–Crippen LogP) is 4.64. The molecule has 0 aliphatic heterocycles. The van der Waals surface area contributed by atoms with Crippen LogP contribution >= 0.6 is 11.6 Å². The van der Waals surface area contributed by atoms with Crippen LogP contribution in [0.2, 0.25) is 5.02 Å². The van der Waals surface area contributed by atoms with Crippen molar-refractivity contribution in [3.63, 3.8) is 0 Å². The Labute approximate surface area is 102 Å². The molecule has 0 nitrogen and oxygen atoms in total. The summed E-state index contributed by atoms with van der Waals surface area (Å²) in [5.41, 5.74) is 3.59. The first-order chi connectivity index (χ1) is 7.70. The molecule has 0 N–H and O–H groups in total. The Bertz CT molecular complexity index is 454. The molecule has 0 atom stereocenters. The number of benzene rings is 2. The van der Waals surface area contributed by atoms with Crippen molar-refractivity contribution in [2.75, 3.05) is 0 Å². The molecule has 0 heterocycles. The summed E-state index contributed by atoms with van der Waals surface area (Å²) in [4.78, 5) is 0. The quantitative estimate of drug-likeness (QED) is 0.704. The van der Waals surface area contributed by atoms with Crippen molar-refractivity contribution in [3.8, 4) is 0 Å². The highest BCUT2D eigenvalue weighted by atomic mass is 35.5. The summed E-state index contributed by atoms with van der Waals surface area (Å²) in [7, 11) is 0. The third-order valence-corrected chi connectivity index (χ3v) is 3.12. The van der Waals surface area contributed by atoms with Crippen molar-refractivity contribution >= 4 is 11.6 Å². The molecular weight excluding hydrogens is 216 g/mol.